The molecule has 0 bridgehead atoms. The Morgan fingerprint density at radius 2 is 1.69 bits per heavy atom. The molecule has 12 heteroatoms. The summed E-state index contributed by atoms with van der Waals surface area (Å²) in [5.41, 5.74) is 8.54. The van der Waals surface area contributed by atoms with Crippen molar-refractivity contribution in [1.29, 1.82) is 0 Å². The van der Waals surface area contributed by atoms with Crippen LogP contribution in [0.2, 0.25) is 0 Å². The molecule has 174 valence electrons. The topological polar surface area (TPSA) is 152 Å². The second kappa shape index (κ2) is 15.1. The first kappa shape index (κ1) is 25.5. The molecule has 2 N–H and O–H groups in total. The third-order valence-corrected chi connectivity index (χ3v) is 5.27. The number of phenols is 1. The zero-order chi connectivity index (χ0) is 23.0. The zero-order valence-electron chi connectivity index (χ0n) is 17.5. The van der Waals surface area contributed by atoms with Crippen molar-refractivity contribution in [1.82, 2.24) is 5.32 Å². The lowest BCUT2D eigenvalue weighted by Crippen LogP contribution is -2.27. The Kier molecular flexibility index (Phi) is 12.1. The molecule has 2 rings (SSSR count). The monoisotopic (exact) mass is 466 g/mol. The number of rotatable bonds is 17. The molecule has 11 nitrogen and oxygen atoms in total. The minimum atomic E-state index is -0.291. The van der Waals surface area contributed by atoms with Gasteiger partial charge in [0.25, 0.3) is 5.91 Å². The van der Waals surface area contributed by atoms with Gasteiger partial charge < -0.3 is 29.4 Å². The van der Waals surface area contributed by atoms with Crippen LogP contribution in [0.4, 0.5) is 0 Å². The summed E-state index contributed by atoms with van der Waals surface area (Å²) in [6.45, 7) is 3.85. The number of phenolic OH excluding ortho intramolecular Hbond substituents is 1. The van der Waals surface area contributed by atoms with Gasteiger partial charge >= 0.3 is 0 Å². The maximum atomic E-state index is 12.3. The van der Waals surface area contributed by atoms with Crippen LogP contribution in [0.25, 0.3) is 20.5 Å². The molecular formula is C20H26N4O7S. The Morgan fingerprint density at radius 1 is 1.06 bits per heavy atom. The van der Waals surface area contributed by atoms with E-state index in [-0.39, 0.29) is 11.7 Å². The number of thiophene rings is 1. The molecule has 1 amide bonds. The number of aldehydes is 1. The van der Waals surface area contributed by atoms with Gasteiger partial charge in [-0.2, -0.15) is 0 Å². The summed E-state index contributed by atoms with van der Waals surface area (Å²) in [4.78, 5) is 26.4. The standard InChI is InChI=1S/C20H26N4O7S/c21-24-23-4-6-29-8-10-31-12-11-30-9-7-28-5-3-22-20(27)18-13-16-17(26)2-1-15(14-25)19(16)32-18/h1-2,13-14,26H,3-12H2,(H,22,27). The smallest absolute Gasteiger partial charge is 0.261 e. The minimum Gasteiger partial charge on any atom is -0.507 e. The first-order chi connectivity index (χ1) is 15.7. The lowest BCUT2D eigenvalue weighted by molar-refractivity contribution is -0.000570. The van der Waals surface area contributed by atoms with E-state index >= 15 is 0 Å². The SMILES string of the molecule is [N-]=[N+]=NCCOCCOCCOCCOCCNC(=O)c1cc2c(O)ccc(C=O)c2s1. The van der Waals surface area contributed by atoms with Gasteiger partial charge in [0, 0.05) is 33.7 Å². The Morgan fingerprint density at radius 3 is 2.31 bits per heavy atom. The molecule has 0 aliphatic heterocycles. The van der Waals surface area contributed by atoms with Crippen LogP contribution in [0.5, 0.6) is 5.75 Å². The van der Waals surface area contributed by atoms with Gasteiger partial charge in [-0.05, 0) is 23.7 Å². The fraction of sp³-hybridized carbons (Fsp3) is 0.500. The van der Waals surface area contributed by atoms with Crippen LogP contribution in [0, 0.1) is 0 Å². The molecule has 0 atom stereocenters. The highest BCUT2D eigenvalue weighted by Crippen LogP contribution is 2.34. The summed E-state index contributed by atoms with van der Waals surface area (Å²) in [6.07, 6.45) is 0.701. The number of amides is 1. The fourth-order valence-corrected chi connectivity index (χ4v) is 3.64. The average Bonchev–Trinajstić information content (AvgIpc) is 3.25. The molecule has 0 aliphatic carbocycles. The van der Waals surface area contributed by atoms with Crippen LogP contribution in [0.1, 0.15) is 20.0 Å². The van der Waals surface area contributed by atoms with E-state index in [1.165, 1.54) is 12.1 Å². The Hall–Kier alpha value is -2.73. The number of ether oxygens (including phenoxy) is 4. The molecule has 0 unspecified atom stereocenters. The molecule has 1 heterocycles. The van der Waals surface area contributed by atoms with Gasteiger partial charge in [0.2, 0.25) is 0 Å². The summed E-state index contributed by atoms with van der Waals surface area (Å²) in [5.74, 6) is -0.258. The number of nitrogens with one attached hydrogen (secondary N) is 1. The number of fused-ring (bicyclic) bond motifs is 1. The summed E-state index contributed by atoms with van der Waals surface area (Å²) < 4.78 is 21.9. The average molecular weight is 467 g/mol. The second-order valence-corrected chi connectivity index (χ2v) is 7.36. The number of carbonyl (C=O) groups excluding carboxylic acids is 2. The van der Waals surface area contributed by atoms with Crippen molar-refractivity contribution < 1.29 is 33.6 Å². The molecule has 0 saturated carbocycles. The Bertz CT molecular complexity index is 915. The maximum Gasteiger partial charge on any atom is 0.261 e. The van der Waals surface area contributed by atoms with E-state index in [0.29, 0.717) is 92.8 Å². The zero-order valence-corrected chi connectivity index (χ0v) is 18.3. The van der Waals surface area contributed by atoms with Crippen molar-refractivity contribution in [2.75, 3.05) is 65.9 Å². The normalized spacial score (nSPS) is 10.8. The van der Waals surface area contributed by atoms with Crippen LogP contribution < -0.4 is 5.32 Å². The minimum absolute atomic E-state index is 0.0326. The van der Waals surface area contributed by atoms with Gasteiger partial charge in [0.1, 0.15) is 5.75 Å². The number of hydrogen-bond donors (Lipinski definition) is 2. The van der Waals surface area contributed by atoms with Gasteiger partial charge in [-0.1, -0.05) is 5.11 Å². The third kappa shape index (κ3) is 8.79. The number of hydrogen-bond acceptors (Lipinski definition) is 9. The first-order valence-electron chi connectivity index (χ1n) is 9.98. The summed E-state index contributed by atoms with van der Waals surface area (Å²) in [7, 11) is 0. The van der Waals surface area contributed by atoms with Crippen LogP contribution in [0.3, 0.4) is 0 Å². The lowest BCUT2D eigenvalue weighted by atomic mass is 10.1. The third-order valence-electron chi connectivity index (χ3n) is 4.09. The van der Waals surface area contributed by atoms with Crippen molar-refractivity contribution in [2.45, 2.75) is 0 Å². The van der Waals surface area contributed by atoms with E-state index in [9.17, 15) is 14.7 Å². The van der Waals surface area contributed by atoms with Gasteiger partial charge in [-0.3, -0.25) is 9.59 Å². The van der Waals surface area contributed by atoms with E-state index in [2.05, 4.69) is 15.3 Å². The van der Waals surface area contributed by atoms with E-state index in [1.807, 2.05) is 0 Å². The Labute approximate surface area is 188 Å². The highest BCUT2D eigenvalue weighted by atomic mass is 32.1. The summed E-state index contributed by atoms with van der Waals surface area (Å²) >= 11 is 1.16. The van der Waals surface area contributed by atoms with E-state index in [0.717, 1.165) is 11.3 Å². The van der Waals surface area contributed by atoms with E-state index in [4.69, 9.17) is 24.5 Å². The molecule has 32 heavy (non-hydrogen) atoms. The quantitative estimate of drug-likeness (QED) is 0.119. The van der Waals surface area contributed by atoms with Gasteiger partial charge in [0.15, 0.2) is 6.29 Å². The number of benzene rings is 1. The van der Waals surface area contributed by atoms with Crippen molar-refractivity contribution in [2.24, 2.45) is 5.11 Å². The number of carbonyl (C=O) groups is 2. The van der Waals surface area contributed by atoms with Gasteiger partial charge in [-0.25, -0.2) is 0 Å². The van der Waals surface area contributed by atoms with E-state index < -0.39 is 0 Å². The van der Waals surface area contributed by atoms with Gasteiger partial charge in [0.05, 0.1) is 57.7 Å². The number of nitrogens with zero attached hydrogens (tertiary/aromatic N) is 3. The van der Waals surface area contributed by atoms with E-state index in [1.54, 1.807) is 6.07 Å². The predicted octanol–water partition coefficient (Wildman–Crippen LogP) is 2.53. The largest absolute Gasteiger partial charge is 0.507 e. The summed E-state index contributed by atoms with van der Waals surface area (Å²) in [6, 6.07) is 4.54. The Balaban J connectivity index is 1.48. The molecule has 2 aromatic rings. The molecule has 0 aliphatic rings. The molecule has 0 fully saturated rings. The predicted molar refractivity (Wildman–Crippen MR) is 118 cm³/mol. The maximum absolute atomic E-state index is 12.3. The lowest BCUT2D eigenvalue weighted by Gasteiger charge is -2.07. The van der Waals surface area contributed by atoms with Crippen molar-refractivity contribution in [3.8, 4) is 5.75 Å². The van der Waals surface area contributed by atoms with Crippen LogP contribution in [-0.4, -0.2) is 83.2 Å². The van der Waals surface area contributed by atoms with Gasteiger partial charge in [-0.15, -0.1) is 11.3 Å². The number of aromatic hydroxyl groups is 1. The molecule has 0 saturated heterocycles. The first-order valence-corrected chi connectivity index (χ1v) is 10.8. The highest BCUT2D eigenvalue weighted by molar-refractivity contribution is 7.21. The summed E-state index contributed by atoms with van der Waals surface area (Å²) in [5, 5.41) is 16.5. The van der Waals surface area contributed by atoms with Crippen LogP contribution in [-0.2, 0) is 18.9 Å². The molecular weight excluding hydrogens is 440 g/mol. The highest BCUT2D eigenvalue weighted by Gasteiger charge is 2.14. The van der Waals surface area contributed by atoms with Crippen molar-refractivity contribution >= 4 is 33.6 Å². The second-order valence-electron chi connectivity index (χ2n) is 6.31. The van der Waals surface area contributed by atoms with Crippen LogP contribution in [0.15, 0.2) is 23.3 Å². The molecule has 0 spiro atoms. The van der Waals surface area contributed by atoms with Crippen LogP contribution >= 0.6 is 11.3 Å². The molecule has 0 radical (unpaired) electrons. The molecule has 1 aromatic heterocycles. The fourth-order valence-electron chi connectivity index (χ4n) is 2.57. The molecule has 1 aromatic carbocycles. The number of azide groups is 1. The van der Waals surface area contributed by atoms with Crippen molar-refractivity contribution in [3.05, 3.63) is 39.1 Å². The van der Waals surface area contributed by atoms with Crippen molar-refractivity contribution in [3.63, 3.8) is 0 Å².